The molecule has 2 aromatic rings. The summed E-state index contributed by atoms with van der Waals surface area (Å²) < 4.78 is 4.60. The lowest BCUT2D eigenvalue weighted by Crippen LogP contribution is -2.06. The van der Waals surface area contributed by atoms with E-state index in [1.807, 2.05) is 11.4 Å². The SMILES string of the molecule is COC(=O)c1cc(Cc2ccsc2)ncn1. The van der Waals surface area contributed by atoms with E-state index in [-0.39, 0.29) is 0 Å². The largest absolute Gasteiger partial charge is 0.464 e. The van der Waals surface area contributed by atoms with Crippen molar-refractivity contribution in [2.75, 3.05) is 7.11 Å². The molecule has 0 radical (unpaired) electrons. The Balaban J connectivity index is 2.19. The smallest absolute Gasteiger partial charge is 0.356 e. The van der Waals surface area contributed by atoms with E-state index >= 15 is 0 Å². The quantitative estimate of drug-likeness (QED) is 0.761. The highest BCUT2D eigenvalue weighted by atomic mass is 32.1. The summed E-state index contributed by atoms with van der Waals surface area (Å²) in [7, 11) is 1.34. The van der Waals surface area contributed by atoms with Gasteiger partial charge in [-0.1, -0.05) is 0 Å². The number of carbonyl (C=O) groups is 1. The molecule has 0 spiro atoms. The second kappa shape index (κ2) is 4.85. The van der Waals surface area contributed by atoms with Crippen molar-refractivity contribution in [1.29, 1.82) is 0 Å². The van der Waals surface area contributed by atoms with Gasteiger partial charge >= 0.3 is 5.97 Å². The Hall–Kier alpha value is -1.75. The van der Waals surface area contributed by atoms with E-state index in [2.05, 4.69) is 20.1 Å². The van der Waals surface area contributed by atoms with Gasteiger partial charge in [0, 0.05) is 12.1 Å². The lowest BCUT2D eigenvalue weighted by molar-refractivity contribution is 0.0593. The highest BCUT2D eigenvalue weighted by molar-refractivity contribution is 7.07. The van der Waals surface area contributed by atoms with Gasteiger partial charge in [0.1, 0.15) is 6.33 Å². The molecule has 16 heavy (non-hydrogen) atoms. The lowest BCUT2D eigenvalue weighted by Gasteiger charge is -2.01. The van der Waals surface area contributed by atoms with Gasteiger partial charge in [-0.2, -0.15) is 11.3 Å². The third-order valence-electron chi connectivity index (χ3n) is 2.08. The van der Waals surface area contributed by atoms with Crippen molar-refractivity contribution in [2.45, 2.75) is 6.42 Å². The number of ether oxygens (including phenoxy) is 1. The third kappa shape index (κ3) is 2.43. The molecule has 0 aliphatic carbocycles. The van der Waals surface area contributed by atoms with Crippen molar-refractivity contribution in [3.05, 3.63) is 46.2 Å². The first-order valence-corrected chi connectivity index (χ1v) is 5.64. The molecule has 0 N–H and O–H groups in total. The highest BCUT2D eigenvalue weighted by Crippen LogP contribution is 2.11. The van der Waals surface area contributed by atoms with E-state index in [1.165, 1.54) is 19.0 Å². The number of rotatable bonds is 3. The van der Waals surface area contributed by atoms with Crippen LogP contribution in [-0.2, 0) is 11.2 Å². The monoisotopic (exact) mass is 234 g/mol. The predicted octanol–water partition coefficient (Wildman–Crippen LogP) is 1.92. The molecule has 0 aliphatic heterocycles. The van der Waals surface area contributed by atoms with E-state index in [0.717, 1.165) is 5.69 Å². The first kappa shape index (κ1) is 10.8. The number of methoxy groups -OCH3 is 1. The summed E-state index contributed by atoms with van der Waals surface area (Å²) in [5.74, 6) is -0.436. The van der Waals surface area contributed by atoms with E-state index in [9.17, 15) is 4.79 Å². The lowest BCUT2D eigenvalue weighted by atomic mass is 10.2. The molecule has 0 amide bonds. The molecule has 0 saturated heterocycles. The van der Waals surface area contributed by atoms with E-state index in [0.29, 0.717) is 12.1 Å². The highest BCUT2D eigenvalue weighted by Gasteiger charge is 2.08. The number of hydrogen-bond donors (Lipinski definition) is 0. The second-order valence-electron chi connectivity index (χ2n) is 3.19. The molecule has 2 aromatic heterocycles. The molecular weight excluding hydrogens is 224 g/mol. The van der Waals surface area contributed by atoms with Gasteiger partial charge < -0.3 is 4.74 Å². The summed E-state index contributed by atoms with van der Waals surface area (Å²) in [4.78, 5) is 19.2. The van der Waals surface area contributed by atoms with Gasteiger partial charge in [-0.05, 0) is 28.5 Å². The average molecular weight is 234 g/mol. The van der Waals surface area contributed by atoms with Crippen molar-refractivity contribution in [3.63, 3.8) is 0 Å². The fraction of sp³-hybridized carbons (Fsp3) is 0.182. The molecule has 0 atom stereocenters. The standard InChI is InChI=1S/C11H10N2O2S/c1-15-11(14)10-5-9(12-7-13-10)4-8-2-3-16-6-8/h2-3,5-7H,4H2,1H3. The van der Waals surface area contributed by atoms with Gasteiger partial charge in [0.15, 0.2) is 5.69 Å². The van der Waals surface area contributed by atoms with E-state index < -0.39 is 5.97 Å². The first-order chi connectivity index (χ1) is 7.79. The van der Waals surface area contributed by atoms with Gasteiger partial charge in [-0.15, -0.1) is 0 Å². The van der Waals surface area contributed by atoms with Crippen LogP contribution in [0.25, 0.3) is 0 Å². The van der Waals surface area contributed by atoms with Crippen LogP contribution >= 0.6 is 11.3 Å². The zero-order valence-electron chi connectivity index (χ0n) is 8.71. The molecule has 0 bridgehead atoms. The maximum Gasteiger partial charge on any atom is 0.356 e. The maximum absolute atomic E-state index is 11.3. The Kier molecular flexibility index (Phi) is 3.26. The molecule has 2 rings (SSSR count). The Labute approximate surface area is 96.9 Å². The topological polar surface area (TPSA) is 52.1 Å². The van der Waals surface area contributed by atoms with Crippen LogP contribution in [0.1, 0.15) is 21.7 Å². The zero-order valence-corrected chi connectivity index (χ0v) is 9.53. The van der Waals surface area contributed by atoms with Crippen LogP contribution in [0.3, 0.4) is 0 Å². The molecule has 4 nitrogen and oxygen atoms in total. The van der Waals surface area contributed by atoms with Crippen molar-refractivity contribution >= 4 is 17.3 Å². The molecule has 0 aromatic carbocycles. The third-order valence-corrected chi connectivity index (χ3v) is 2.82. The molecule has 5 heteroatoms. The van der Waals surface area contributed by atoms with Crippen molar-refractivity contribution in [2.24, 2.45) is 0 Å². The summed E-state index contributed by atoms with van der Waals surface area (Å²) in [6, 6.07) is 3.69. The molecule has 2 heterocycles. The predicted molar refractivity (Wildman–Crippen MR) is 60.5 cm³/mol. The number of hydrogen-bond acceptors (Lipinski definition) is 5. The average Bonchev–Trinajstić information content (AvgIpc) is 2.81. The molecule has 0 saturated carbocycles. The summed E-state index contributed by atoms with van der Waals surface area (Å²) in [6.45, 7) is 0. The van der Waals surface area contributed by atoms with Gasteiger partial charge in [0.25, 0.3) is 0 Å². The van der Waals surface area contributed by atoms with Gasteiger partial charge in [0.05, 0.1) is 7.11 Å². The first-order valence-electron chi connectivity index (χ1n) is 4.70. The van der Waals surface area contributed by atoms with Crippen molar-refractivity contribution < 1.29 is 9.53 Å². The van der Waals surface area contributed by atoms with Gasteiger partial charge in [-0.3, -0.25) is 0 Å². The van der Waals surface area contributed by atoms with Crippen molar-refractivity contribution in [1.82, 2.24) is 9.97 Å². The van der Waals surface area contributed by atoms with Crippen LogP contribution in [0.15, 0.2) is 29.2 Å². The Morgan fingerprint density at radius 1 is 1.50 bits per heavy atom. The van der Waals surface area contributed by atoms with E-state index in [1.54, 1.807) is 17.4 Å². The summed E-state index contributed by atoms with van der Waals surface area (Å²) in [6.07, 6.45) is 2.09. The fourth-order valence-electron chi connectivity index (χ4n) is 1.31. The minimum absolute atomic E-state index is 0.294. The van der Waals surface area contributed by atoms with Crippen LogP contribution in [0, 0.1) is 0 Å². The molecule has 0 fully saturated rings. The molecular formula is C11H10N2O2S. The number of aromatic nitrogens is 2. The van der Waals surface area contributed by atoms with Crippen LogP contribution in [0.4, 0.5) is 0 Å². The molecule has 0 unspecified atom stereocenters. The van der Waals surface area contributed by atoms with Crippen molar-refractivity contribution in [3.8, 4) is 0 Å². The summed E-state index contributed by atoms with van der Waals surface area (Å²) >= 11 is 1.64. The maximum atomic E-state index is 11.3. The number of carbonyl (C=O) groups excluding carboxylic acids is 1. The normalized spacial score (nSPS) is 10.1. The van der Waals surface area contributed by atoms with Gasteiger partial charge in [-0.25, -0.2) is 14.8 Å². The van der Waals surface area contributed by atoms with Gasteiger partial charge in [0.2, 0.25) is 0 Å². The van der Waals surface area contributed by atoms with Crippen LogP contribution in [0.5, 0.6) is 0 Å². The zero-order chi connectivity index (χ0) is 11.4. The summed E-state index contributed by atoms with van der Waals surface area (Å²) in [5.41, 5.74) is 2.29. The number of esters is 1. The fourth-order valence-corrected chi connectivity index (χ4v) is 1.98. The van der Waals surface area contributed by atoms with Crippen LogP contribution in [0.2, 0.25) is 0 Å². The molecule has 0 aliphatic rings. The van der Waals surface area contributed by atoms with E-state index in [4.69, 9.17) is 0 Å². The Bertz CT molecular complexity index is 482. The van der Waals surface area contributed by atoms with Crippen LogP contribution in [-0.4, -0.2) is 23.0 Å². The summed E-state index contributed by atoms with van der Waals surface area (Å²) in [5, 5.41) is 4.07. The number of nitrogens with zero attached hydrogens (tertiary/aromatic N) is 2. The number of thiophene rings is 1. The minimum atomic E-state index is -0.436. The Morgan fingerprint density at radius 3 is 3.06 bits per heavy atom. The Morgan fingerprint density at radius 2 is 2.38 bits per heavy atom. The second-order valence-corrected chi connectivity index (χ2v) is 3.97. The minimum Gasteiger partial charge on any atom is -0.464 e. The van der Waals surface area contributed by atoms with Crippen LogP contribution < -0.4 is 0 Å². The molecule has 82 valence electrons.